The minimum absolute atomic E-state index is 0.0639. The zero-order chi connectivity index (χ0) is 28.6. The highest BCUT2D eigenvalue weighted by molar-refractivity contribution is 7.88. The highest BCUT2D eigenvalue weighted by Crippen LogP contribution is 2.23. The highest BCUT2D eigenvalue weighted by Gasteiger charge is 2.26. The zero-order valence-corrected chi connectivity index (χ0v) is 22.1. The van der Waals surface area contributed by atoms with Crippen molar-refractivity contribution in [2.75, 3.05) is 24.7 Å². The molecule has 1 saturated heterocycles. The van der Waals surface area contributed by atoms with E-state index in [2.05, 4.69) is 20.3 Å². The Morgan fingerprint density at radius 1 is 1.15 bits per heavy atom. The van der Waals surface area contributed by atoms with Crippen LogP contribution in [0.5, 0.6) is 0 Å². The molecule has 16 heteroatoms. The fraction of sp³-hybridized carbons (Fsp3) is 0.333. The summed E-state index contributed by atoms with van der Waals surface area (Å²) in [5.74, 6) is 0.354. The summed E-state index contributed by atoms with van der Waals surface area (Å²) in [6.45, 7) is 0.626. The Kier molecular flexibility index (Phi) is 7.68. The third-order valence-electron chi connectivity index (χ3n) is 6.67. The largest absolute Gasteiger partial charge is 0.528 e. The van der Waals surface area contributed by atoms with E-state index in [-0.39, 0.29) is 41.1 Å². The number of anilines is 1. The molecule has 5 rings (SSSR count). The van der Waals surface area contributed by atoms with Crippen molar-refractivity contribution in [3.8, 4) is 11.5 Å². The molecular formula is C24H25BF2N6O6S. The van der Waals surface area contributed by atoms with Crippen LogP contribution in [-0.2, 0) is 16.6 Å². The number of pyridine rings is 1. The first-order chi connectivity index (χ1) is 19.0. The number of benzene rings is 1. The lowest BCUT2D eigenvalue weighted by molar-refractivity contribution is 0.149. The number of rotatable bonds is 8. The van der Waals surface area contributed by atoms with E-state index in [1.165, 1.54) is 23.0 Å². The molecule has 0 aliphatic carbocycles. The van der Waals surface area contributed by atoms with E-state index >= 15 is 0 Å². The van der Waals surface area contributed by atoms with Crippen LogP contribution in [0.3, 0.4) is 0 Å². The molecule has 0 bridgehead atoms. The predicted molar refractivity (Wildman–Crippen MR) is 143 cm³/mol. The fourth-order valence-corrected chi connectivity index (χ4v) is 5.42. The van der Waals surface area contributed by atoms with Crippen molar-refractivity contribution in [1.29, 1.82) is 0 Å². The molecule has 210 valence electrons. The number of hydrogen-bond donors (Lipinski definition) is 3. The summed E-state index contributed by atoms with van der Waals surface area (Å²) < 4.78 is 58.8. The van der Waals surface area contributed by atoms with Crippen LogP contribution < -0.4 is 16.5 Å². The van der Waals surface area contributed by atoms with Gasteiger partial charge in [0.15, 0.2) is 5.66 Å². The molecule has 1 aliphatic heterocycles. The second-order valence-electron chi connectivity index (χ2n) is 9.48. The second kappa shape index (κ2) is 11.0. The zero-order valence-electron chi connectivity index (χ0n) is 21.2. The van der Waals surface area contributed by atoms with Gasteiger partial charge in [-0.3, -0.25) is 9.36 Å². The molecule has 4 heterocycles. The summed E-state index contributed by atoms with van der Waals surface area (Å²) in [4.78, 5) is 25.8. The molecule has 3 N–H and O–H groups in total. The van der Waals surface area contributed by atoms with Crippen molar-refractivity contribution in [3.05, 3.63) is 64.2 Å². The topological polar surface area (TPSA) is 164 Å². The molecule has 1 fully saturated rings. The van der Waals surface area contributed by atoms with Gasteiger partial charge >= 0.3 is 7.12 Å². The number of hydrogen-bond acceptors (Lipinski definition) is 10. The van der Waals surface area contributed by atoms with E-state index in [4.69, 9.17) is 4.42 Å². The highest BCUT2D eigenvalue weighted by atomic mass is 32.2. The number of halogens is 2. The van der Waals surface area contributed by atoms with Gasteiger partial charge in [-0.1, -0.05) is 12.1 Å². The number of nitrogens with one attached hydrogen (secondary N) is 1. The summed E-state index contributed by atoms with van der Waals surface area (Å²) in [6, 6.07) is 7.60. The van der Waals surface area contributed by atoms with E-state index < -0.39 is 34.7 Å². The summed E-state index contributed by atoms with van der Waals surface area (Å²) in [7, 11) is -5.08. The van der Waals surface area contributed by atoms with Crippen molar-refractivity contribution < 1.29 is 31.7 Å². The molecule has 40 heavy (non-hydrogen) atoms. The number of aromatic nitrogens is 4. The van der Waals surface area contributed by atoms with Gasteiger partial charge in [0, 0.05) is 36.3 Å². The number of piperidine rings is 1. The van der Waals surface area contributed by atoms with Crippen LogP contribution in [0.1, 0.15) is 30.4 Å². The van der Waals surface area contributed by atoms with Crippen LogP contribution in [0.15, 0.2) is 51.9 Å². The number of alkyl halides is 2. The maximum Gasteiger partial charge on any atom is 0.528 e. The molecule has 12 nitrogen and oxygen atoms in total. The van der Waals surface area contributed by atoms with Gasteiger partial charge in [-0.05, 0) is 36.6 Å². The lowest BCUT2D eigenvalue weighted by Crippen LogP contribution is -2.42. The molecule has 4 aromatic rings. The van der Waals surface area contributed by atoms with E-state index in [0.29, 0.717) is 37.1 Å². The Morgan fingerprint density at radius 2 is 1.85 bits per heavy atom. The molecule has 0 saturated carbocycles. The van der Waals surface area contributed by atoms with Crippen molar-refractivity contribution in [2.45, 2.75) is 31.9 Å². The van der Waals surface area contributed by atoms with Gasteiger partial charge in [-0.2, -0.15) is 4.98 Å². The van der Waals surface area contributed by atoms with E-state index in [1.54, 1.807) is 24.3 Å². The number of fused-ring (bicyclic) bond motifs is 1. The average molecular weight is 574 g/mol. The quantitative estimate of drug-likeness (QED) is 0.258. The Balaban J connectivity index is 1.43. The molecule has 0 radical (unpaired) electrons. The van der Waals surface area contributed by atoms with Crippen LogP contribution in [0, 0.1) is 0 Å². The summed E-state index contributed by atoms with van der Waals surface area (Å²) in [6.07, 6.45) is 1.79. The van der Waals surface area contributed by atoms with E-state index in [9.17, 15) is 32.0 Å². The SMILES string of the molecule is CS(=O)(=O)N1CCC(Nc2ncc3cc(C(F)F)c(=O)n(Cc4ccc(-c5ncc(B(O)O)o5)cc4)c3n2)CC1. The second-order valence-corrected chi connectivity index (χ2v) is 11.5. The Bertz CT molecular complexity index is 1690. The standard InChI is InChI=1S/C24H25BF2N6O6S/c1-40(37,38)32-8-6-17(7-9-32)30-24-29-11-16-10-18(20(26)27)23(34)33(21(16)31-24)13-14-2-4-15(5-3-14)22-28-12-19(39-22)25(35)36/h2-5,10-12,17,20,35-36H,6-9,13H2,1H3,(H,29,30,31). The minimum Gasteiger partial charge on any atom is -0.445 e. The Labute approximate surface area is 227 Å². The van der Waals surface area contributed by atoms with E-state index in [1.807, 2.05) is 0 Å². The third kappa shape index (κ3) is 5.89. The smallest absolute Gasteiger partial charge is 0.445 e. The van der Waals surface area contributed by atoms with Gasteiger partial charge in [0.05, 0.1) is 24.6 Å². The summed E-state index contributed by atoms with van der Waals surface area (Å²) in [5, 5.41) is 21.9. The molecule has 1 aliphatic rings. The van der Waals surface area contributed by atoms with Gasteiger partial charge in [-0.25, -0.2) is 31.5 Å². The van der Waals surface area contributed by atoms with Crippen LogP contribution in [0.25, 0.3) is 22.5 Å². The maximum atomic E-state index is 13.7. The Hall–Kier alpha value is -3.73. The number of oxazole rings is 1. The van der Waals surface area contributed by atoms with Crippen LogP contribution in [-0.4, -0.2) is 74.8 Å². The lowest BCUT2D eigenvalue weighted by atomic mass is 9.89. The first-order valence-corrected chi connectivity index (χ1v) is 14.2. The molecule has 3 aromatic heterocycles. The van der Waals surface area contributed by atoms with Gasteiger partial charge in [0.2, 0.25) is 21.9 Å². The van der Waals surface area contributed by atoms with Crippen LogP contribution in [0.4, 0.5) is 14.7 Å². The van der Waals surface area contributed by atoms with Crippen LogP contribution in [0.2, 0.25) is 0 Å². The van der Waals surface area contributed by atoms with Gasteiger partial charge in [0.1, 0.15) is 5.65 Å². The van der Waals surface area contributed by atoms with E-state index in [0.717, 1.165) is 10.6 Å². The lowest BCUT2D eigenvalue weighted by Gasteiger charge is -2.30. The van der Waals surface area contributed by atoms with Gasteiger partial charge < -0.3 is 19.8 Å². The average Bonchev–Trinajstić information content (AvgIpc) is 3.41. The predicted octanol–water partition coefficient (Wildman–Crippen LogP) is 0.948. The minimum atomic E-state index is -3.28. The summed E-state index contributed by atoms with van der Waals surface area (Å²) in [5.41, 5.74) is -0.369. The molecule has 0 atom stereocenters. The van der Waals surface area contributed by atoms with Crippen molar-refractivity contribution >= 4 is 39.8 Å². The molecule has 0 spiro atoms. The molecule has 0 amide bonds. The number of sulfonamides is 1. The van der Waals surface area contributed by atoms with Crippen molar-refractivity contribution in [2.24, 2.45) is 0 Å². The van der Waals surface area contributed by atoms with Gasteiger partial charge in [0.25, 0.3) is 12.0 Å². The normalized spacial score (nSPS) is 15.2. The summed E-state index contributed by atoms with van der Waals surface area (Å²) >= 11 is 0. The van der Waals surface area contributed by atoms with Crippen LogP contribution >= 0.6 is 0 Å². The third-order valence-corrected chi connectivity index (χ3v) is 7.97. The van der Waals surface area contributed by atoms with Gasteiger partial charge in [-0.15, -0.1) is 0 Å². The monoisotopic (exact) mass is 574 g/mol. The Morgan fingerprint density at radius 3 is 2.45 bits per heavy atom. The molecular weight excluding hydrogens is 549 g/mol. The number of nitrogens with zero attached hydrogens (tertiary/aromatic N) is 5. The van der Waals surface area contributed by atoms with Crippen molar-refractivity contribution in [1.82, 2.24) is 23.8 Å². The first-order valence-electron chi connectivity index (χ1n) is 12.3. The van der Waals surface area contributed by atoms with Crippen molar-refractivity contribution in [3.63, 3.8) is 0 Å². The first kappa shape index (κ1) is 27.8. The fourth-order valence-electron chi connectivity index (χ4n) is 4.54. The maximum absolute atomic E-state index is 13.7. The molecule has 0 unspecified atom stereocenters. The molecule has 1 aromatic carbocycles.